The van der Waals surface area contributed by atoms with Crippen LogP contribution in [0.25, 0.3) is 0 Å². The number of halogens is 1. The van der Waals surface area contributed by atoms with E-state index in [-0.39, 0.29) is 19.7 Å². The van der Waals surface area contributed by atoms with Gasteiger partial charge >= 0.3 is 6.09 Å². The lowest BCUT2D eigenvalue weighted by molar-refractivity contribution is 0.105. The summed E-state index contributed by atoms with van der Waals surface area (Å²) in [6.07, 6.45) is 1.14. The van der Waals surface area contributed by atoms with Gasteiger partial charge in [-0.15, -0.1) is 0 Å². The van der Waals surface area contributed by atoms with Gasteiger partial charge in [0.1, 0.15) is 12.7 Å². The lowest BCUT2D eigenvalue weighted by Gasteiger charge is -2.08. The number of hydrogen-bond acceptors (Lipinski definition) is 5. The molecule has 0 aromatic heterocycles. The maximum atomic E-state index is 11.7. The number of cyclic esters (lactones) is 1. The summed E-state index contributed by atoms with van der Waals surface area (Å²) >= 11 is 0. The number of carbonyl (C=O) groups is 1. The van der Waals surface area contributed by atoms with Crippen LogP contribution in [0.2, 0.25) is 0 Å². The molecule has 1 saturated heterocycles. The lowest BCUT2D eigenvalue weighted by atomic mass is 10.4. The summed E-state index contributed by atoms with van der Waals surface area (Å²) in [5.41, 5.74) is 0. The van der Waals surface area contributed by atoms with Crippen molar-refractivity contribution in [2.45, 2.75) is 6.10 Å². The molecule has 0 saturated carbocycles. The fourth-order valence-corrected chi connectivity index (χ4v) is 1.58. The molecule has 1 atom stereocenters. The van der Waals surface area contributed by atoms with E-state index < -0.39 is 22.3 Å². The molecule has 1 aliphatic rings. The average Bonchev–Trinajstić information content (AvgIpc) is 2.52. The zero-order valence-electron chi connectivity index (χ0n) is 8.63. The van der Waals surface area contributed by atoms with Crippen LogP contribution >= 0.6 is 0 Å². The second-order valence-electron chi connectivity index (χ2n) is 3.26. The smallest absolute Gasteiger partial charge is 0.410 e. The van der Waals surface area contributed by atoms with Crippen molar-refractivity contribution in [1.82, 2.24) is 4.90 Å². The largest absolute Gasteiger partial charge is 0.442 e. The first-order chi connectivity index (χ1) is 7.42. The molecular weight excluding hydrogens is 241 g/mol. The van der Waals surface area contributed by atoms with Crippen LogP contribution in [0.1, 0.15) is 0 Å². The molecule has 92 valence electrons. The summed E-state index contributed by atoms with van der Waals surface area (Å²) in [6, 6.07) is 0. The van der Waals surface area contributed by atoms with Crippen molar-refractivity contribution < 1.29 is 26.5 Å². The molecule has 6 nitrogen and oxygen atoms in total. The van der Waals surface area contributed by atoms with Crippen molar-refractivity contribution in [2.24, 2.45) is 0 Å². The summed E-state index contributed by atoms with van der Waals surface area (Å²) in [4.78, 5) is 12.4. The third-order valence-electron chi connectivity index (χ3n) is 1.83. The molecular formula is C8H12FNO5S. The third kappa shape index (κ3) is 4.15. The molecule has 1 amide bonds. The highest BCUT2D eigenvalue weighted by molar-refractivity contribution is 7.85. The Morgan fingerprint density at radius 3 is 2.94 bits per heavy atom. The third-order valence-corrected chi connectivity index (χ3v) is 2.40. The van der Waals surface area contributed by atoms with Crippen molar-refractivity contribution in [2.75, 3.05) is 26.0 Å². The maximum absolute atomic E-state index is 11.7. The van der Waals surface area contributed by atoms with Crippen LogP contribution in [-0.4, -0.2) is 51.5 Å². The molecule has 0 aliphatic carbocycles. The Morgan fingerprint density at radius 2 is 2.38 bits per heavy atom. The second-order valence-corrected chi connectivity index (χ2v) is 4.91. The highest BCUT2D eigenvalue weighted by Gasteiger charge is 2.31. The van der Waals surface area contributed by atoms with Crippen LogP contribution in [0.5, 0.6) is 0 Å². The lowest BCUT2D eigenvalue weighted by Crippen LogP contribution is -2.26. The van der Waals surface area contributed by atoms with Gasteiger partial charge in [-0.2, -0.15) is 8.42 Å². The number of nitrogens with zero attached hydrogens (tertiary/aromatic N) is 1. The minimum atomic E-state index is -3.55. The van der Waals surface area contributed by atoms with E-state index in [1.807, 2.05) is 0 Å². The Balaban J connectivity index is 2.41. The van der Waals surface area contributed by atoms with Gasteiger partial charge in [0.15, 0.2) is 0 Å². The minimum absolute atomic E-state index is 0.0880. The fraction of sp³-hybridized carbons (Fsp3) is 0.625. The van der Waals surface area contributed by atoms with E-state index in [2.05, 4.69) is 4.18 Å². The Morgan fingerprint density at radius 1 is 1.69 bits per heavy atom. The van der Waals surface area contributed by atoms with Crippen molar-refractivity contribution >= 4 is 16.2 Å². The van der Waals surface area contributed by atoms with Gasteiger partial charge in [0.05, 0.1) is 19.1 Å². The Hall–Kier alpha value is -1.15. The molecule has 0 bridgehead atoms. The molecule has 0 radical (unpaired) electrons. The molecule has 0 unspecified atom stereocenters. The first-order valence-electron chi connectivity index (χ1n) is 4.47. The highest BCUT2D eigenvalue weighted by Crippen LogP contribution is 2.12. The first kappa shape index (κ1) is 12.9. The number of hydrogen-bond donors (Lipinski definition) is 0. The van der Waals surface area contributed by atoms with E-state index >= 15 is 0 Å². The summed E-state index contributed by atoms with van der Waals surface area (Å²) < 4.78 is 42.4. The molecule has 0 aromatic rings. The van der Waals surface area contributed by atoms with E-state index in [1.54, 1.807) is 0 Å². The maximum Gasteiger partial charge on any atom is 0.410 e. The van der Waals surface area contributed by atoms with Gasteiger partial charge in [-0.25, -0.2) is 9.18 Å². The van der Waals surface area contributed by atoms with Crippen LogP contribution in [0, 0.1) is 0 Å². The van der Waals surface area contributed by atoms with E-state index in [9.17, 15) is 17.6 Å². The van der Waals surface area contributed by atoms with Crippen LogP contribution in [0.15, 0.2) is 12.4 Å². The normalized spacial score (nSPS) is 21.8. The quantitative estimate of drug-likeness (QED) is 0.657. The van der Waals surface area contributed by atoms with E-state index in [4.69, 9.17) is 4.74 Å². The first-order valence-corrected chi connectivity index (χ1v) is 6.29. The summed E-state index contributed by atoms with van der Waals surface area (Å²) in [6.45, 7) is 0.0455. The van der Waals surface area contributed by atoms with Crippen molar-refractivity contribution in [1.29, 1.82) is 0 Å². The molecule has 0 spiro atoms. The predicted octanol–water partition coefficient (Wildman–Crippen LogP) is 0.267. The van der Waals surface area contributed by atoms with Gasteiger partial charge in [0, 0.05) is 6.54 Å². The average molecular weight is 253 g/mol. The zero-order chi connectivity index (χ0) is 12.2. The van der Waals surface area contributed by atoms with Gasteiger partial charge in [0.25, 0.3) is 10.1 Å². The topological polar surface area (TPSA) is 72.9 Å². The van der Waals surface area contributed by atoms with Gasteiger partial charge < -0.3 is 9.64 Å². The molecule has 8 heteroatoms. The van der Waals surface area contributed by atoms with Crippen LogP contribution in [-0.2, 0) is 19.0 Å². The van der Waals surface area contributed by atoms with Crippen molar-refractivity contribution in [3.8, 4) is 0 Å². The molecule has 0 N–H and O–H groups in total. The molecule has 1 aliphatic heterocycles. The van der Waals surface area contributed by atoms with Gasteiger partial charge in [-0.1, -0.05) is 0 Å². The number of rotatable bonds is 5. The van der Waals surface area contributed by atoms with Gasteiger partial charge in [0.2, 0.25) is 0 Å². The standard InChI is InChI=1S/C8H12FNO5S/c1-16(12,13)14-6-7-5-10(4-2-3-9)8(11)15-7/h2-3,7H,4-6H2,1H3/b3-2+/t7-/m1/s1. The zero-order valence-corrected chi connectivity index (χ0v) is 9.44. The Kier molecular flexibility index (Phi) is 4.25. The highest BCUT2D eigenvalue weighted by atomic mass is 32.2. The van der Waals surface area contributed by atoms with E-state index in [0.717, 1.165) is 12.3 Å². The molecule has 0 aromatic carbocycles. The molecule has 1 heterocycles. The Labute approximate surface area is 92.7 Å². The molecule has 1 fully saturated rings. The fourth-order valence-electron chi connectivity index (χ4n) is 1.18. The summed E-state index contributed by atoms with van der Waals surface area (Å²) in [5, 5.41) is 0. The van der Waals surface area contributed by atoms with E-state index in [1.165, 1.54) is 4.90 Å². The van der Waals surface area contributed by atoms with Crippen LogP contribution in [0.3, 0.4) is 0 Å². The number of amides is 1. The molecule has 16 heavy (non-hydrogen) atoms. The minimum Gasteiger partial charge on any atom is -0.442 e. The predicted molar refractivity (Wildman–Crippen MR) is 52.9 cm³/mol. The van der Waals surface area contributed by atoms with Crippen LogP contribution < -0.4 is 0 Å². The SMILES string of the molecule is CS(=O)(=O)OC[C@H]1CN(C/C=C/F)C(=O)O1. The van der Waals surface area contributed by atoms with Gasteiger partial charge in [-0.3, -0.25) is 4.18 Å². The van der Waals surface area contributed by atoms with Crippen molar-refractivity contribution in [3.05, 3.63) is 12.4 Å². The van der Waals surface area contributed by atoms with E-state index in [0.29, 0.717) is 6.33 Å². The van der Waals surface area contributed by atoms with Gasteiger partial charge in [-0.05, 0) is 6.08 Å². The molecule has 1 rings (SSSR count). The second kappa shape index (κ2) is 5.26. The van der Waals surface area contributed by atoms with Crippen LogP contribution in [0.4, 0.5) is 9.18 Å². The van der Waals surface area contributed by atoms with Crippen molar-refractivity contribution in [3.63, 3.8) is 0 Å². The number of carbonyl (C=O) groups excluding carboxylic acids is 1. The summed E-state index contributed by atoms with van der Waals surface area (Å²) in [7, 11) is -3.55. The monoisotopic (exact) mass is 253 g/mol. The Bertz CT molecular complexity index is 380. The number of ether oxygens (including phenoxy) is 1. The summed E-state index contributed by atoms with van der Waals surface area (Å²) in [5.74, 6) is 0.